The van der Waals surface area contributed by atoms with Crippen LogP contribution in [0.15, 0.2) is 72.8 Å². The smallest absolute Gasteiger partial charge is 0.146 e. The molecule has 37 heavy (non-hydrogen) atoms. The molecule has 0 aromatic heterocycles. The largest absolute Gasteiger partial charge is 0.494 e. The van der Waals surface area contributed by atoms with Crippen molar-refractivity contribution in [1.29, 1.82) is 0 Å². The molecule has 4 atom stereocenters. The second kappa shape index (κ2) is 12.7. The first-order valence-corrected chi connectivity index (χ1v) is 16.1. The van der Waals surface area contributed by atoms with E-state index in [9.17, 15) is 0 Å². The summed E-state index contributed by atoms with van der Waals surface area (Å²) in [5.74, 6) is 0.873. The highest BCUT2D eigenvalue weighted by molar-refractivity contribution is 14.2. The second-order valence-corrected chi connectivity index (χ2v) is 11.2. The van der Waals surface area contributed by atoms with E-state index in [1.54, 1.807) is 0 Å². The highest BCUT2D eigenvalue weighted by Crippen LogP contribution is 2.48. The quantitative estimate of drug-likeness (QED) is 0.121. The van der Waals surface area contributed by atoms with E-state index in [0.717, 1.165) is 33.9 Å². The van der Waals surface area contributed by atoms with E-state index in [2.05, 4.69) is 57.6 Å². The van der Waals surface area contributed by atoms with Crippen LogP contribution in [0.2, 0.25) is 5.02 Å². The molecule has 1 spiro atoms. The van der Waals surface area contributed by atoms with Gasteiger partial charge in [0.05, 0.1) is 47.8 Å². The summed E-state index contributed by atoms with van der Waals surface area (Å²) < 4.78 is 30.4. The Morgan fingerprint density at radius 3 is 2.54 bits per heavy atom. The van der Waals surface area contributed by atoms with Gasteiger partial charge < -0.3 is 23.1 Å². The molecule has 5 rings (SSSR count). The summed E-state index contributed by atoms with van der Waals surface area (Å²) in [6, 6.07) is 24.6. The Kier molecular flexibility index (Phi) is 9.34. The molecule has 0 bridgehead atoms. The van der Waals surface area contributed by atoms with Gasteiger partial charge in [-0.2, -0.15) is 0 Å². The molecule has 3 aromatic carbocycles. The standard InChI is InChI=1S/C29H30ClIO5S/c1-2-32-24-11-8-20(9-12-24)14-23-15-22(10-13-25(23)30)26-16-27(33-17-21-6-4-3-5-7-21)29(19-34-29)28(36-26)18-35-37-31/h3-13,15,26-28H,2,14,16-19H2,1H3/t26?,27?,28?,29-/m1/s1. The van der Waals surface area contributed by atoms with Crippen LogP contribution in [0, 0.1) is 0 Å². The zero-order chi connectivity index (χ0) is 25.7. The van der Waals surface area contributed by atoms with Gasteiger partial charge in [-0.15, -0.1) is 0 Å². The summed E-state index contributed by atoms with van der Waals surface area (Å²) in [6.07, 6.45) is 0.944. The molecule has 8 heteroatoms. The molecule has 196 valence electrons. The third kappa shape index (κ3) is 6.64. The first-order chi connectivity index (χ1) is 18.1. The Balaban J connectivity index is 1.35. The average molecular weight is 653 g/mol. The molecule has 2 fully saturated rings. The molecule has 0 N–H and O–H groups in total. The minimum Gasteiger partial charge on any atom is -0.494 e. The lowest BCUT2D eigenvalue weighted by Crippen LogP contribution is -2.51. The van der Waals surface area contributed by atoms with Gasteiger partial charge in [-0.05, 0) is 53.8 Å². The Morgan fingerprint density at radius 1 is 1.05 bits per heavy atom. The lowest BCUT2D eigenvalue weighted by atomic mass is 9.86. The molecular formula is C29H30ClIO5S. The molecule has 0 radical (unpaired) electrons. The molecule has 2 heterocycles. The summed E-state index contributed by atoms with van der Waals surface area (Å²) in [5.41, 5.74) is 4.00. The van der Waals surface area contributed by atoms with E-state index in [1.807, 2.05) is 43.3 Å². The van der Waals surface area contributed by atoms with Crippen molar-refractivity contribution in [3.63, 3.8) is 0 Å². The predicted octanol–water partition coefficient (Wildman–Crippen LogP) is 7.53. The number of hydrogen-bond acceptors (Lipinski definition) is 6. The van der Waals surface area contributed by atoms with Crippen LogP contribution in [0.25, 0.3) is 0 Å². The predicted molar refractivity (Wildman–Crippen MR) is 155 cm³/mol. The van der Waals surface area contributed by atoms with Crippen molar-refractivity contribution in [2.75, 3.05) is 19.8 Å². The van der Waals surface area contributed by atoms with Crippen LogP contribution in [0.3, 0.4) is 0 Å². The minimum atomic E-state index is -0.463. The lowest BCUT2D eigenvalue weighted by molar-refractivity contribution is -0.176. The van der Waals surface area contributed by atoms with Crippen molar-refractivity contribution in [3.05, 3.63) is 100 Å². The van der Waals surface area contributed by atoms with Gasteiger partial charge in [0.25, 0.3) is 0 Å². The lowest BCUT2D eigenvalue weighted by Gasteiger charge is -2.40. The topological polar surface area (TPSA) is 49.5 Å². The van der Waals surface area contributed by atoms with Gasteiger partial charge in [0.1, 0.15) is 17.5 Å². The Bertz CT molecular complexity index is 1160. The van der Waals surface area contributed by atoms with Gasteiger partial charge in [-0.3, -0.25) is 0 Å². The molecular weight excluding hydrogens is 623 g/mol. The van der Waals surface area contributed by atoms with Crippen LogP contribution in [0.1, 0.15) is 41.7 Å². The fourth-order valence-corrected chi connectivity index (χ4v) is 5.71. The van der Waals surface area contributed by atoms with E-state index in [1.165, 1.54) is 14.8 Å². The van der Waals surface area contributed by atoms with Crippen molar-refractivity contribution in [2.24, 2.45) is 0 Å². The molecule has 3 aromatic rings. The van der Waals surface area contributed by atoms with Crippen molar-refractivity contribution in [3.8, 4) is 5.75 Å². The molecule has 5 nitrogen and oxygen atoms in total. The van der Waals surface area contributed by atoms with Crippen molar-refractivity contribution < 1.29 is 23.1 Å². The van der Waals surface area contributed by atoms with Gasteiger partial charge in [-0.1, -0.05) is 66.2 Å². The molecule has 0 saturated carbocycles. The molecule has 2 aliphatic rings. The van der Waals surface area contributed by atoms with Crippen LogP contribution >= 0.6 is 42.0 Å². The van der Waals surface area contributed by atoms with Gasteiger partial charge in [0.2, 0.25) is 0 Å². The first-order valence-electron chi connectivity index (χ1n) is 12.5. The molecule has 0 amide bonds. The first kappa shape index (κ1) is 27.2. The van der Waals surface area contributed by atoms with Crippen LogP contribution in [-0.4, -0.2) is 37.6 Å². The maximum Gasteiger partial charge on any atom is 0.146 e. The van der Waals surface area contributed by atoms with E-state index in [4.69, 9.17) is 34.7 Å². The number of benzene rings is 3. The maximum absolute atomic E-state index is 6.63. The molecule has 2 saturated heterocycles. The number of ether oxygens (including phenoxy) is 4. The van der Waals surface area contributed by atoms with Crippen LogP contribution < -0.4 is 4.74 Å². The van der Waals surface area contributed by atoms with Gasteiger partial charge in [0.15, 0.2) is 0 Å². The third-order valence-electron chi connectivity index (χ3n) is 6.95. The summed E-state index contributed by atoms with van der Waals surface area (Å²) in [6.45, 7) is 4.21. The average Bonchev–Trinajstić information content (AvgIpc) is 3.72. The Labute approximate surface area is 239 Å². The second-order valence-electron chi connectivity index (χ2n) is 9.33. The Hall–Kier alpha value is -1.33. The number of halogens is 2. The number of hydrogen-bond donors (Lipinski definition) is 0. The zero-order valence-corrected chi connectivity index (χ0v) is 24.3. The number of epoxide rings is 1. The zero-order valence-electron chi connectivity index (χ0n) is 20.6. The normalized spacial score (nSPS) is 24.8. The highest BCUT2D eigenvalue weighted by Gasteiger charge is 2.62. The van der Waals surface area contributed by atoms with Crippen molar-refractivity contribution >= 4 is 42.0 Å². The SMILES string of the molecule is CCOc1ccc(Cc2cc(C3CC(OCc4ccccc4)[C@]4(CO4)C(COSI)O3)ccc2Cl)cc1. The van der Waals surface area contributed by atoms with Gasteiger partial charge in [0, 0.05) is 32.6 Å². The summed E-state index contributed by atoms with van der Waals surface area (Å²) in [5, 5.41) is 0.744. The van der Waals surface area contributed by atoms with E-state index in [-0.39, 0.29) is 18.3 Å². The summed E-state index contributed by atoms with van der Waals surface area (Å²) in [4.78, 5) is 0. The van der Waals surface area contributed by atoms with Crippen molar-refractivity contribution in [1.82, 2.24) is 0 Å². The monoisotopic (exact) mass is 652 g/mol. The van der Waals surface area contributed by atoms with Gasteiger partial charge >= 0.3 is 0 Å². The fraction of sp³-hybridized carbons (Fsp3) is 0.379. The van der Waals surface area contributed by atoms with E-state index < -0.39 is 5.60 Å². The summed E-state index contributed by atoms with van der Waals surface area (Å²) >= 11 is 8.76. The third-order valence-corrected chi connectivity index (χ3v) is 8.31. The minimum absolute atomic E-state index is 0.107. The molecule has 3 unspecified atom stereocenters. The van der Waals surface area contributed by atoms with Crippen LogP contribution in [0.4, 0.5) is 0 Å². The molecule has 2 aliphatic heterocycles. The van der Waals surface area contributed by atoms with Crippen LogP contribution in [-0.2, 0) is 31.4 Å². The maximum atomic E-state index is 6.63. The number of rotatable bonds is 11. The Morgan fingerprint density at radius 2 is 1.84 bits per heavy atom. The van der Waals surface area contributed by atoms with Crippen LogP contribution in [0.5, 0.6) is 5.75 Å². The van der Waals surface area contributed by atoms with Gasteiger partial charge in [-0.25, -0.2) is 0 Å². The molecule has 0 aliphatic carbocycles. The van der Waals surface area contributed by atoms with E-state index in [0.29, 0.717) is 32.8 Å². The fourth-order valence-electron chi connectivity index (χ4n) is 4.91. The van der Waals surface area contributed by atoms with E-state index >= 15 is 0 Å². The highest BCUT2D eigenvalue weighted by atomic mass is 127. The van der Waals surface area contributed by atoms with Crippen molar-refractivity contribution in [2.45, 2.75) is 50.3 Å². The summed E-state index contributed by atoms with van der Waals surface area (Å²) in [7, 11) is 1.31.